The minimum absolute atomic E-state index is 0.337. The topological polar surface area (TPSA) is 0 Å². The molecule has 0 saturated carbocycles. The quantitative estimate of drug-likeness (QED) is 0.424. The highest BCUT2D eigenvalue weighted by Gasteiger charge is 2.22. The molecule has 4 rings (SSSR count). The molecule has 0 nitrogen and oxygen atoms in total. The third-order valence-corrected chi connectivity index (χ3v) is 5.95. The van der Waals surface area contributed by atoms with Gasteiger partial charge in [-0.1, -0.05) is 102 Å². The summed E-state index contributed by atoms with van der Waals surface area (Å²) in [5, 5.41) is 3.35. The van der Waals surface area contributed by atoms with Crippen LogP contribution in [0.25, 0.3) is 28.0 Å². The Hall–Kier alpha value is -2.57. The molecule has 0 amide bonds. The second-order valence-corrected chi connectivity index (χ2v) is 7.96. The highest BCUT2D eigenvalue weighted by Crippen LogP contribution is 2.45. The first kappa shape index (κ1) is 18.8. The van der Waals surface area contributed by atoms with Crippen LogP contribution in [0.3, 0.4) is 0 Å². The summed E-state index contributed by atoms with van der Waals surface area (Å²) in [6, 6.07) is 17.3. The predicted molar refractivity (Wildman–Crippen MR) is 124 cm³/mol. The lowest BCUT2D eigenvalue weighted by Crippen LogP contribution is -2.04. The van der Waals surface area contributed by atoms with Gasteiger partial charge in [0.1, 0.15) is 0 Å². The number of hydrogen-bond donors (Lipinski definition) is 0. The van der Waals surface area contributed by atoms with Gasteiger partial charge >= 0.3 is 0 Å². The Labute approximate surface area is 172 Å². The van der Waals surface area contributed by atoms with Gasteiger partial charge in [-0.05, 0) is 54.7 Å². The van der Waals surface area contributed by atoms with E-state index >= 15 is 0 Å². The standard InChI is InChI=1S/C27H25Cl/c1-4-7-24-25(20-14-10-18(2)11-15-20)22-8-5-6-9-23(22)26(27(24)28)21-16-12-19(3)13-17-21/h4-14,16-17,20H,15H2,1-3H3/b7-4-. The van der Waals surface area contributed by atoms with Crippen LogP contribution in [0.4, 0.5) is 0 Å². The van der Waals surface area contributed by atoms with E-state index < -0.39 is 0 Å². The van der Waals surface area contributed by atoms with Gasteiger partial charge in [-0.2, -0.15) is 0 Å². The van der Waals surface area contributed by atoms with E-state index in [9.17, 15) is 0 Å². The molecule has 1 atom stereocenters. The summed E-state index contributed by atoms with van der Waals surface area (Å²) in [4.78, 5) is 0. The number of fused-ring (bicyclic) bond motifs is 1. The number of aryl methyl sites for hydroxylation is 1. The summed E-state index contributed by atoms with van der Waals surface area (Å²) < 4.78 is 0. The minimum Gasteiger partial charge on any atom is -0.0870 e. The zero-order chi connectivity index (χ0) is 19.7. The summed E-state index contributed by atoms with van der Waals surface area (Å²) in [7, 11) is 0. The van der Waals surface area contributed by atoms with Gasteiger partial charge in [0.25, 0.3) is 0 Å². The molecule has 0 fully saturated rings. The van der Waals surface area contributed by atoms with Crippen LogP contribution in [0, 0.1) is 6.92 Å². The molecule has 140 valence electrons. The molecule has 3 aromatic carbocycles. The molecule has 0 radical (unpaired) electrons. The number of allylic oxidation sites excluding steroid dienone is 5. The van der Waals surface area contributed by atoms with Crippen LogP contribution < -0.4 is 0 Å². The van der Waals surface area contributed by atoms with Gasteiger partial charge in [-0.15, -0.1) is 0 Å². The molecule has 0 heterocycles. The summed E-state index contributed by atoms with van der Waals surface area (Å²) >= 11 is 7.10. The van der Waals surface area contributed by atoms with Crippen molar-refractivity contribution in [3.8, 4) is 11.1 Å². The molecule has 0 saturated heterocycles. The third kappa shape index (κ3) is 3.34. The van der Waals surface area contributed by atoms with Crippen molar-refractivity contribution < 1.29 is 0 Å². The normalized spacial score (nSPS) is 16.7. The average Bonchev–Trinajstić information content (AvgIpc) is 2.71. The molecule has 0 spiro atoms. The van der Waals surface area contributed by atoms with Gasteiger partial charge in [-0.25, -0.2) is 0 Å². The monoisotopic (exact) mass is 384 g/mol. The van der Waals surface area contributed by atoms with E-state index in [1.165, 1.54) is 33.0 Å². The maximum atomic E-state index is 7.10. The van der Waals surface area contributed by atoms with E-state index in [2.05, 4.69) is 99.7 Å². The molecule has 1 heteroatoms. The van der Waals surface area contributed by atoms with E-state index in [0.717, 1.165) is 22.6 Å². The SMILES string of the molecule is C/C=C\c1c(Cl)c(-c2ccc(C)cc2)c2ccccc2c1C1C=CC(C)=CC1. The van der Waals surface area contributed by atoms with Crippen molar-refractivity contribution in [3.63, 3.8) is 0 Å². The van der Waals surface area contributed by atoms with Crippen LogP contribution in [0.2, 0.25) is 5.02 Å². The fourth-order valence-corrected chi connectivity index (χ4v) is 4.50. The van der Waals surface area contributed by atoms with Crippen molar-refractivity contribution in [1.82, 2.24) is 0 Å². The molecule has 1 aliphatic rings. The fraction of sp³-hybridized carbons (Fsp3) is 0.185. The Morgan fingerprint density at radius 1 is 0.964 bits per heavy atom. The minimum atomic E-state index is 0.337. The largest absolute Gasteiger partial charge is 0.0870 e. The second-order valence-electron chi connectivity index (χ2n) is 7.58. The molecule has 0 bridgehead atoms. The van der Waals surface area contributed by atoms with Crippen LogP contribution in [0.5, 0.6) is 0 Å². The summed E-state index contributed by atoms with van der Waals surface area (Å²) in [6.45, 7) is 6.33. The Balaban J connectivity index is 2.06. The van der Waals surface area contributed by atoms with Crippen LogP contribution >= 0.6 is 11.6 Å². The van der Waals surface area contributed by atoms with Crippen molar-refractivity contribution in [2.24, 2.45) is 0 Å². The van der Waals surface area contributed by atoms with E-state index in [1.54, 1.807) is 0 Å². The summed E-state index contributed by atoms with van der Waals surface area (Å²) in [5.41, 5.74) is 7.34. The lowest BCUT2D eigenvalue weighted by molar-refractivity contribution is 0.851. The molecule has 28 heavy (non-hydrogen) atoms. The lowest BCUT2D eigenvalue weighted by atomic mass is 9.81. The van der Waals surface area contributed by atoms with Gasteiger partial charge in [-0.3, -0.25) is 0 Å². The zero-order valence-electron chi connectivity index (χ0n) is 16.7. The summed E-state index contributed by atoms with van der Waals surface area (Å²) in [5.74, 6) is 0.337. The summed E-state index contributed by atoms with van der Waals surface area (Å²) in [6.07, 6.45) is 12.1. The molecule has 1 unspecified atom stereocenters. The first-order chi connectivity index (χ1) is 13.6. The van der Waals surface area contributed by atoms with E-state index in [1.807, 2.05) is 0 Å². The van der Waals surface area contributed by atoms with E-state index in [0.29, 0.717) is 5.92 Å². The molecule has 0 aliphatic heterocycles. The molecular weight excluding hydrogens is 360 g/mol. The van der Waals surface area contributed by atoms with E-state index in [4.69, 9.17) is 11.6 Å². The van der Waals surface area contributed by atoms with Gasteiger partial charge in [0, 0.05) is 11.5 Å². The Morgan fingerprint density at radius 3 is 2.32 bits per heavy atom. The van der Waals surface area contributed by atoms with Crippen molar-refractivity contribution in [2.45, 2.75) is 33.1 Å². The van der Waals surface area contributed by atoms with Crippen LogP contribution in [-0.2, 0) is 0 Å². The zero-order valence-corrected chi connectivity index (χ0v) is 17.4. The average molecular weight is 385 g/mol. The van der Waals surface area contributed by atoms with Gasteiger partial charge in [0.2, 0.25) is 0 Å². The highest BCUT2D eigenvalue weighted by atomic mass is 35.5. The van der Waals surface area contributed by atoms with Gasteiger partial charge in [0.15, 0.2) is 0 Å². The third-order valence-electron chi connectivity index (χ3n) is 5.56. The van der Waals surface area contributed by atoms with Gasteiger partial charge in [0.05, 0.1) is 5.02 Å². The Kier molecular flexibility index (Phi) is 5.24. The van der Waals surface area contributed by atoms with Crippen LogP contribution in [-0.4, -0.2) is 0 Å². The van der Waals surface area contributed by atoms with Crippen LogP contribution in [0.15, 0.2) is 78.4 Å². The molecule has 1 aliphatic carbocycles. The Morgan fingerprint density at radius 2 is 1.68 bits per heavy atom. The number of halogens is 1. The molecule has 3 aromatic rings. The number of benzene rings is 3. The maximum absolute atomic E-state index is 7.10. The maximum Gasteiger partial charge on any atom is 0.0566 e. The number of rotatable bonds is 3. The highest BCUT2D eigenvalue weighted by molar-refractivity contribution is 6.37. The van der Waals surface area contributed by atoms with E-state index in [-0.39, 0.29) is 0 Å². The van der Waals surface area contributed by atoms with Crippen LogP contribution in [0.1, 0.15) is 42.9 Å². The fourth-order valence-electron chi connectivity index (χ4n) is 4.13. The van der Waals surface area contributed by atoms with Gasteiger partial charge < -0.3 is 0 Å². The predicted octanol–water partition coefficient (Wildman–Crippen LogP) is 8.49. The molecule has 0 N–H and O–H groups in total. The Bertz CT molecular complexity index is 1110. The molecular formula is C27H25Cl. The van der Waals surface area contributed by atoms with Crippen molar-refractivity contribution >= 4 is 28.4 Å². The number of hydrogen-bond acceptors (Lipinski definition) is 0. The van der Waals surface area contributed by atoms with Crippen molar-refractivity contribution in [3.05, 3.63) is 100 Å². The smallest absolute Gasteiger partial charge is 0.0566 e. The lowest BCUT2D eigenvalue weighted by Gasteiger charge is -2.24. The molecule has 0 aromatic heterocycles. The first-order valence-electron chi connectivity index (χ1n) is 9.89. The van der Waals surface area contributed by atoms with Crippen molar-refractivity contribution in [2.75, 3.05) is 0 Å². The first-order valence-corrected chi connectivity index (χ1v) is 10.3. The van der Waals surface area contributed by atoms with Crippen molar-refractivity contribution in [1.29, 1.82) is 0 Å². The second kappa shape index (κ2) is 7.81.